The van der Waals surface area contributed by atoms with Crippen molar-refractivity contribution in [2.45, 2.75) is 13.3 Å². The summed E-state index contributed by atoms with van der Waals surface area (Å²) in [5.74, 6) is -1.45. The van der Waals surface area contributed by atoms with Crippen molar-refractivity contribution in [1.82, 2.24) is 0 Å². The van der Waals surface area contributed by atoms with Crippen LogP contribution in [0.3, 0.4) is 0 Å². The molecule has 0 radical (unpaired) electrons. The van der Waals surface area contributed by atoms with Gasteiger partial charge in [0.1, 0.15) is 5.75 Å². The monoisotopic (exact) mass is 259 g/mol. The highest BCUT2D eigenvalue weighted by molar-refractivity contribution is 5.90. The predicted octanol–water partition coefficient (Wildman–Crippen LogP) is 2.63. The molecule has 0 atom stereocenters. The molecule has 18 heavy (non-hydrogen) atoms. The molecule has 0 saturated carbocycles. The first-order valence-corrected chi connectivity index (χ1v) is 4.83. The first-order valence-electron chi connectivity index (χ1n) is 4.83. The van der Waals surface area contributed by atoms with E-state index in [-0.39, 0.29) is 17.7 Å². The fourth-order valence-electron chi connectivity index (χ4n) is 1.19. The van der Waals surface area contributed by atoms with Gasteiger partial charge in [0, 0.05) is 0 Å². The van der Waals surface area contributed by atoms with Gasteiger partial charge in [0.25, 0.3) is 0 Å². The molecule has 1 rings (SSSR count). The largest absolute Gasteiger partial charge is 0.573 e. The lowest BCUT2D eigenvalue weighted by molar-refractivity contribution is -0.274. The number of benzene rings is 1. The summed E-state index contributed by atoms with van der Waals surface area (Å²) in [5.41, 5.74) is -0.296. The lowest BCUT2D eigenvalue weighted by Gasteiger charge is -2.10. The summed E-state index contributed by atoms with van der Waals surface area (Å²) >= 11 is 0. The molecular weight excluding hydrogens is 251 g/mol. The number of carbonyl (C=O) groups is 1. The number of alkyl halides is 3. The molecule has 4 nitrogen and oxygen atoms in total. The zero-order valence-electron chi connectivity index (χ0n) is 9.25. The highest BCUT2D eigenvalue weighted by Crippen LogP contribution is 2.25. The standard InChI is InChI=1S/C11H8F3NO3/c1-2-17-10(16)8-3-7(6-15)4-9(5-8)18-11(12,13)14/h3-5H,2H2,1H3. The van der Waals surface area contributed by atoms with Crippen LogP contribution < -0.4 is 4.74 Å². The summed E-state index contributed by atoms with van der Waals surface area (Å²) in [4.78, 5) is 11.4. The Morgan fingerprint density at radius 3 is 2.56 bits per heavy atom. The number of halogens is 3. The van der Waals surface area contributed by atoms with E-state index in [4.69, 9.17) is 5.26 Å². The van der Waals surface area contributed by atoms with E-state index in [2.05, 4.69) is 9.47 Å². The number of hydrogen-bond donors (Lipinski definition) is 0. The molecule has 1 aromatic rings. The minimum absolute atomic E-state index is 0.0745. The third kappa shape index (κ3) is 3.97. The van der Waals surface area contributed by atoms with Gasteiger partial charge < -0.3 is 9.47 Å². The number of nitrogens with zero attached hydrogens (tertiary/aromatic N) is 1. The van der Waals surface area contributed by atoms with E-state index in [1.807, 2.05) is 0 Å². The van der Waals surface area contributed by atoms with Crippen LogP contribution in [0.15, 0.2) is 18.2 Å². The average molecular weight is 259 g/mol. The van der Waals surface area contributed by atoms with Crippen molar-refractivity contribution < 1.29 is 27.4 Å². The Morgan fingerprint density at radius 2 is 2.06 bits per heavy atom. The minimum atomic E-state index is -4.89. The van der Waals surface area contributed by atoms with Crippen LogP contribution in [0, 0.1) is 11.3 Å². The van der Waals surface area contributed by atoms with E-state index < -0.39 is 18.1 Å². The quantitative estimate of drug-likeness (QED) is 0.783. The lowest BCUT2D eigenvalue weighted by Crippen LogP contribution is -2.17. The third-order valence-corrected chi connectivity index (χ3v) is 1.78. The number of carbonyl (C=O) groups excluding carboxylic acids is 1. The normalized spacial score (nSPS) is 10.6. The Hall–Kier alpha value is -2.23. The summed E-state index contributed by atoms with van der Waals surface area (Å²) in [6.45, 7) is 1.63. The Bertz CT molecular complexity index is 491. The second-order valence-corrected chi connectivity index (χ2v) is 3.13. The van der Waals surface area contributed by atoms with Crippen LogP contribution in [0.2, 0.25) is 0 Å². The van der Waals surface area contributed by atoms with Crippen molar-refractivity contribution in [1.29, 1.82) is 5.26 Å². The van der Waals surface area contributed by atoms with Gasteiger partial charge in [0.2, 0.25) is 0 Å². The first kappa shape index (κ1) is 13.8. The molecular formula is C11H8F3NO3. The average Bonchev–Trinajstić information content (AvgIpc) is 2.26. The van der Waals surface area contributed by atoms with Crippen molar-refractivity contribution >= 4 is 5.97 Å². The maximum Gasteiger partial charge on any atom is 0.573 e. The minimum Gasteiger partial charge on any atom is -0.462 e. The van der Waals surface area contributed by atoms with Gasteiger partial charge >= 0.3 is 12.3 Å². The molecule has 0 unspecified atom stereocenters. The molecule has 0 saturated heterocycles. The van der Waals surface area contributed by atoms with E-state index in [1.54, 1.807) is 13.0 Å². The fourth-order valence-corrected chi connectivity index (χ4v) is 1.19. The molecule has 0 amide bonds. The second kappa shape index (κ2) is 5.40. The van der Waals surface area contributed by atoms with Crippen LogP contribution in [-0.4, -0.2) is 18.9 Å². The molecule has 0 aliphatic heterocycles. The van der Waals surface area contributed by atoms with Crippen molar-refractivity contribution in [2.24, 2.45) is 0 Å². The van der Waals surface area contributed by atoms with Crippen LogP contribution in [-0.2, 0) is 4.74 Å². The smallest absolute Gasteiger partial charge is 0.462 e. The molecule has 96 valence electrons. The summed E-state index contributed by atoms with van der Waals surface area (Å²) < 4.78 is 44.4. The fraction of sp³-hybridized carbons (Fsp3) is 0.273. The SMILES string of the molecule is CCOC(=O)c1cc(C#N)cc(OC(F)(F)F)c1. The molecule has 7 heteroatoms. The molecule has 0 bridgehead atoms. The Labute approximate surface area is 101 Å². The number of esters is 1. The van der Waals surface area contributed by atoms with Crippen LogP contribution >= 0.6 is 0 Å². The number of hydrogen-bond acceptors (Lipinski definition) is 4. The molecule has 1 aromatic carbocycles. The van der Waals surface area contributed by atoms with E-state index >= 15 is 0 Å². The van der Waals surface area contributed by atoms with Crippen molar-refractivity contribution in [3.05, 3.63) is 29.3 Å². The van der Waals surface area contributed by atoms with Crippen LogP contribution in [0.25, 0.3) is 0 Å². The van der Waals surface area contributed by atoms with E-state index in [0.717, 1.165) is 18.2 Å². The van der Waals surface area contributed by atoms with Crippen LogP contribution in [0.4, 0.5) is 13.2 Å². The van der Waals surface area contributed by atoms with Gasteiger partial charge in [0.05, 0.1) is 23.8 Å². The van der Waals surface area contributed by atoms with Gasteiger partial charge in [0.15, 0.2) is 0 Å². The summed E-state index contributed by atoms with van der Waals surface area (Å²) in [5, 5.41) is 8.66. The van der Waals surface area contributed by atoms with E-state index in [1.165, 1.54) is 0 Å². The number of ether oxygens (including phenoxy) is 2. The van der Waals surface area contributed by atoms with Gasteiger partial charge in [-0.1, -0.05) is 0 Å². The third-order valence-electron chi connectivity index (χ3n) is 1.78. The van der Waals surface area contributed by atoms with Gasteiger partial charge in [-0.15, -0.1) is 13.2 Å². The summed E-state index contributed by atoms with van der Waals surface area (Å²) in [6.07, 6.45) is -4.89. The van der Waals surface area contributed by atoms with Crippen LogP contribution in [0.1, 0.15) is 22.8 Å². The zero-order valence-corrected chi connectivity index (χ0v) is 9.25. The highest BCUT2D eigenvalue weighted by atomic mass is 19.4. The maximum atomic E-state index is 12.0. The van der Waals surface area contributed by atoms with Crippen molar-refractivity contribution in [3.8, 4) is 11.8 Å². The Kier molecular flexibility index (Phi) is 4.15. The van der Waals surface area contributed by atoms with Crippen molar-refractivity contribution in [2.75, 3.05) is 6.61 Å². The molecule has 0 aromatic heterocycles. The molecule has 0 aliphatic carbocycles. The molecule has 0 fully saturated rings. The summed E-state index contributed by atoms with van der Waals surface area (Å²) in [7, 11) is 0. The first-order chi connectivity index (χ1) is 8.35. The lowest BCUT2D eigenvalue weighted by atomic mass is 10.1. The topological polar surface area (TPSA) is 59.3 Å². The van der Waals surface area contributed by atoms with Gasteiger partial charge in [-0.3, -0.25) is 0 Å². The van der Waals surface area contributed by atoms with E-state index in [9.17, 15) is 18.0 Å². The molecule has 0 spiro atoms. The van der Waals surface area contributed by atoms with E-state index in [0.29, 0.717) is 0 Å². The molecule has 0 N–H and O–H groups in total. The summed E-state index contributed by atoms with van der Waals surface area (Å²) in [6, 6.07) is 4.51. The van der Waals surface area contributed by atoms with Gasteiger partial charge in [-0.05, 0) is 25.1 Å². The van der Waals surface area contributed by atoms with Gasteiger partial charge in [-0.2, -0.15) is 5.26 Å². The maximum absolute atomic E-state index is 12.0. The van der Waals surface area contributed by atoms with Gasteiger partial charge in [-0.25, -0.2) is 4.79 Å². The van der Waals surface area contributed by atoms with Crippen molar-refractivity contribution in [3.63, 3.8) is 0 Å². The number of nitriles is 1. The van der Waals surface area contributed by atoms with Crippen LogP contribution in [0.5, 0.6) is 5.75 Å². The second-order valence-electron chi connectivity index (χ2n) is 3.13. The molecule has 0 aliphatic rings. The Morgan fingerprint density at radius 1 is 1.39 bits per heavy atom. The number of rotatable bonds is 3. The molecule has 0 heterocycles. The highest BCUT2D eigenvalue weighted by Gasteiger charge is 2.31. The zero-order chi connectivity index (χ0) is 13.8. The Balaban J connectivity index is 3.10. The predicted molar refractivity (Wildman–Crippen MR) is 53.8 cm³/mol.